The van der Waals surface area contributed by atoms with Gasteiger partial charge in [0, 0.05) is 18.9 Å². The van der Waals surface area contributed by atoms with E-state index in [0.717, 1.165) is 5.56 Å². The van der Waals surface area contributed by atoms with Gasteiger partial charge in [0.05, 0.1) is 6.61 Å². The molecule has 0 amide bonds. The van der Waals surface area contributed by atoms with Crippen molar-refractivity contribution in [3.63, 3.8) is 0 Å². The van der Waals surface area contributed by atoms with Crippen molar-refractivity contribution < 1.29 is 28.8 Å². The molecule has 0 saturated carbocycles. The monoisotopic (exact) mass is 349 g/mol. The molecule has 0 bridgehead atoms. The Bertz CT molecular complexity index is 607. The van der Waals surface area contributed by atoms with Crippen molar-refractivity contribution in [3.8, 4) is 0 Å². The summed E-state index contributed by atoms with van der Waals surface area (Å²) in [6.07, 6.45) is -0.288. The first-order chi connectivity index (χ1) is 12.1. The Balaban J connectivity index is 1.72. The molecule has 136 valence electrons. The predicted octanol–water partition coefficient (Wildman–Crippen LogP) is 0.894. The Morgan fingerprint density at radius 3 is 2.76 bits per heavy atom. The molecule has 2 N–H and O–H groups in total. The number of methoxy groups -OCH3 is 1. The van der Waals surface area contributed by atoms with Crippen LogP contribution in [0.3, 0.4) is 0 Å². The van der Waals surface area contributed by atoms with Crippen LogP contribution >= 0.6 is 0 Å². The second-order valence-electron chi connectivity index (χ2n) is 6.08. The minimum Gasteiger partial charge on any atom is -0.388 e. The lowest BCUT2D eigenvalue weighted by molar-refractivity contribution is -0.341. The Labute approximate surface area is 146 Å². The number of hydrogen-bond acceptors (Lipinski definition) is 7. The first-order valence-electron chi connectivity index (χ1n) is 8.21. The SMILES string of the molecule is CO[C@H]1O[C@@H]2COC(c3ccccc3)O[C@H]2[C@H](O)[C@H]1N/C=C\C(C)=O. The largest absolute Gasteiger partial charge is 0.388 e. The standard InChI is InChI=1S/C18H23NO6/c1-11(20)8-9-19-14-15(21)16-13(24-18(14)22-2)10-23-17(25-16)12-6-4-3-5-7-12/h3-9,13-19,21H,10H2,1-2H3/b9-8-/t13-,14-,15-,16-,17?,18+/m1/s1. The molecule has 7 nitrogen and oxygen atoms in total. The molecule has 0 aromatic heterocycles. The number of carbonyl (C=O) groups excluding carboxylic acids is 1. The van der Waals surface area contributed by atoms with E-state index in [9.17, 15) is 9.90 Å². The van der Waals surface area contributed by atoms with Crippen LogP contribution in [0.15, 0.2) is 42.6 Å². The van der Waals surface area contributed by atoms with Crippen molar-refractivity contribution in [2.24, 2.45) is 0 Å². The number of allylic oxidation sites excluding steroid dienone is 1. The molecule has 3 rings (SSSR count). The summed E-state index contributed by atoms with van der Waals surface area (Å²) in [7, 11) is 1.50. The van der Waals surface area contributed by atoms with E-state index >= 15 is 0 Å². The molecule has 0 radical (unpaired) electrons. The highest BCUT2D eigenvalue weighted by Gasteiger charge is 2.49. The average molecular weight is 349 g/mol. The smallest absolute Gasteiger partial charge is 0.184 e. The highest BCUT2D eigenvalue weighted by molar-refractivity contribution is 5.87. The quantitative estimate of drug-likeness (QED) is 0.764. The van der Waals surface area contributed by atoms with Crippen LogP contribution in [0.4, 0.5) is 0 Å². The average Bonchev–Trinajstić information content (AvgIpc) is 2.63. The lowest BCUT2D eigenvalue weighted by atomic mass is 9.96. The molecule has 2 saturated heterocycles. The number of nitrogens with one attached hydrogen (secondary N) is 1. The van der Waals surface area contributed by atoms with Crippen LogP contribution < -0.4 is 5.32 Å². The zero-order valence-electron chi connectivity index (χ0n) is 14.2. The van der Waals surface area contributed by atoms with Crippen LogP contribution in [0.5, 0.6) is 0 Å². The molecule has 2 aliphatic heterocycles. The Hall–Kier alpha value is -1.77. The van der Waals surface area contributed by atoms with Crippen molar-refractivity contribution in [1.82, 2.24) is 5.32 Å². The van der Waals surface area contributed by atoms with E-state index in [1.165, 1.54) is 26.3 Å². The van der Waals surface area contributed by atoms with Crippen molar-refractivity contribution in [3.05, 3.63) is 48.2 Å². The van der Waals surface area contributed by atoms with Crippen LogP contribution in [0.25, 0.3) is 0 Å². The number of aliphatic hydroxyl groups is 1. The number of aliphatic hydroxyl groups excluding tert-OH is 1. The van der Waals surface area contributed by atoms with Gasteiger partial charge in [-0.05, 0) is 13.0 Å². The van der Waals surface area contributed by atoms with E-state index in [2.05, 4.69) is 5.32 Å². The van der Waals surface area contributed by atoms with Gasteiger partial charge in [-0.25, -0.2) is 0 Å². The van der Waals surface area contributed by atoms with Crippen LogP contribution in [-0.4, -0.2) is 55.3 Å². The van der Waals surface area contributed by atoms with Crippen molar-refractivity contribution in [2.45, 2.75) is 43.9 Å². The molecule has 2 heterocycles. The summed E-state index contributed by atoms with van der Waals surface area (Å²) in [5.41, 5.74) is 0.878. The predicted molar refractivity (Wildman–Crippen MR) is 88.4 cm³/mol. The summed E-state index contributed by atoms with van der Waals surface area (Å²) in [4.78, 5) is 11.1. The van der Waals surface area contributed by atoms with Crippen LogP contribution in [0.2, 0.25) is 0 Å². The summed E-state index contributed by atoms with van der Waals surface area (Å²) in [6, 6.07) is 8.96. The Kier molecular flexibility index (Phi) is 5.82. The number of benzene rings is 1. The third-order valence-electron chi connectivity index (χ3n) is 4.28. The highest BCUT2D eigenvalue weighted by Crippen LogP contribution is 2.34. The molecule has 0 spiro atoms. The maximum absolute atomic E-state index is 11.1. The zero-order valence-corrected chi connectivity index (χ0v) is 14.2. The van der Waals surface area contributed by atoms with Gasteiger partial charge in [0.25, 0.3) is 0 Å². The number of carbonyl (C=O) groups is 1. The summed E-state index contributed by atoms with van der Waals surface area (Å²) < 4.78 is 22.9. The van der Waals surface area contributed by atoms with Gasteiger partial charge in [0.15, 0.2) is 18.4 Å². The van der Waals surface area contributed by atoms with Gasteiger partial charge < -0.3 is 29.4 Å². The van der Waals surface area contributed by atoms with Gasteiger partial charge in [-0.15, -0.1) is 0 Å². The Morgan fingerprint density at radius 2 is 2.08 bits per heavy atom. The van der Waals surface area contributed by atoms with E-state index in [1.807, 2.05) is 30.3 Å². The van der Waals surface area contributed by atoms with Crippen LogP contribution in [0.1, 0.15) is 18.8 Å². The number of fused-ring (bicyclic) bond motifs is 1. The fourth-order valence-corrected chi connectivity index (χ4v) is 3.03. The minimum atomic E-state index is -0.893. The molecule has 1 unspecified atom stereocenters. The summed E-state index contributed by atoms with van der Waals surface area (Å²) in [6.45, 7) is 1.74. The van der Waals surface area contributed by atoms with E-state index in [-0.39, 0.29) is 12.4 Å². The normalized spacial score (nSPS) is 35.3. The van der Waals surface area contributed by atoms with Gasteiger partial charge in [-0.2, -0.15) is 0 Å². The summed E-state index contributed by atoms with van der Waals surface area (Å²) in [5, 5.41) is 13.7. The molecular weight excluding hydrogens is 326 g/mol. The number of rotatable bonds is 5. The van der Waals surface area contributed by atoms with E-state index < -0.39 is 36.9 Å². The van der Waals surface area contributed by atoms with Gasteiger partial charge in [-0.3, -0.25) is 4.79 Å². The van der Waals surface area contributed by atoms with Crippen molar-refractivity contribution in [2.75, 3.05) is 13.7 Å². The lowest BCUT2D eigenvalue weighted by Gasteiger charge is -2.47. The maximum Gasteiger partial charge on any atom is 0.184 e. The second-order valence-corrected chi connectivity index (χ2v) is 6.08. The van der Waals surface area contributed by atoms with Crippen LogP contribution in [0, 0.1) is 0 Å². The molecule has 0 aliphatic carbocycles. The third kappa shape index (κ3) is 4.08. The molecule has 2 fully saturated rings. The lowest BCUT2D eigenvalue weighted by Crippen LogP contribution is -2.65. The number of hydrogen-bond donors (Lipinski definition) is 2. The van der Waals surface area contributed by atoms with E-state index in [1.54, 1.807) is 0 Å². The number of ketones is 1. The molecule has 2 aliphatic rings. The topological polar surface area (TPSA) is 86.2 Å². The molecular formula is C18H23NO6. The van der Waals surface area contributed by atoms with Crippen LogP contribution in [-0.2, 0) is 23.7 Å². The van der Waals surface area contributed by atoms with Crippen molar-refractivity contribution in [1.29, 1.82) is 0 Å². The number of ether oxygens (including phenoxy) is 4. The maximum atomic E-state index is 11.1. The Morgan fingerprint density at radius 1 is 1.32 bits per heavy atom. The fraction of sp³-hybridized carbons (Fsp3) is 0.500. The van der Waals surface area contributed by atoms with E-state index in [0.29, 0.717) is 0 Å². The van der Waals surface area contributed by atoms with E-state index in [4.69, 9.17) is 18.9 Å². The van der Waals surface area contributed by atoms with Gasteiger partial charge in [0.2, 0.25) is 0 Å². The first kappa shape index (κ1) is 18.0. The van der Waals surface area contributed by atoms with Gasteiger partial charge in [-0.1, -0.05) is 30.3 Å². The zero-order chi connectivity index (χ0) is 17.8. The molecule has 25 heavy (non-hydrogen) atoms. The third-order valence-corrected chi connectivity index (χ3v) is 4.28. The second kappa shape index (κ2) is 8.07. The first-order valence-corrected chi connectivity index (χ1v) is 8.21. The van der Waals surface area contributed by atoms with Gasteiger partial charge in [0.1, 0.15) is 24.4 Å². The van der Waals surface area contributed by atoms with Crippen molar-refractivity contribution >= 4 is 5.78 Å². The van der Waals surface area contributed by atoms with Gasteiger partial charge >= 0.3 is 0 Å². The summed E-state index contributed by atoms with van der Waals surface area (Å²) >= 11 is 0. The molecule has 6 atom stereocenters. The molecule has 7 heteroatoms. The molecule has 1 aromatic carbocycles. The fourth-order valence-electron chi connectivity index (χ4n) is 3.03. The minimum absolute atomic E-state index is 0.1000. The summed E-state index contributed by atoms with van der Waals surface area (Å²) in [5.74, 6) is -0.1000. The molecule has 1 aromatic rings. The highest BCUT2D eigenvalue weighted by atomic mass is 16.7.